The van der Waals surface area contributed by atoms with Crippen LogP contribution in [0, 0.1) is 41.4 Å². The number of ketones is 1. The second-order valence-corrected chi connectivity index (χ2v) is 8.91. The summed E-state index contributed by atoms with van der Waals surface area (Å²) in [5.74, 6) is 4.90. The first kappa shape index (κ1) is 20.1. The van der Waals surface area contributed by atoms with E-state index in [0.29, 0.717) is 29.5 Å². The highest BCUT2D eigenvalue weighted by Gasteiger charge is 2.63. The molecular formula is C23H32O4. The van der Waals surface area contributed by atoms with Crippen molar-refractivity contribution >= 4 is 11.8 Å². The monoisotopic (exact) mass is 372 g/mol. The van der Waals surface area contributed by atoms with E-state index in [0.717, 1.165) is 51.9 Å². The van der Waals surface area contributed by atoms with E-state index < -0.39 is 11.6 Å². The molecule has 6 atom stereocenters. The van der Waals surface area contributed by atoms with Crippen molar-refractivity contribution < 1.29 is 19.8 Å². The molecule has 0 unspecified atom stereocenters. The molecule has 0 bridgehead atoms. The van der Waals surface area contributed by atoms with Gasteiger partial charge in [-0.25, -0.2) is 0 Å². The molecule has 0 aromatic heterocycles. The Morgan fingerprint density at radius 3 is 2.56 bits per heavy atom. The van der Waals surface area contributed by atoms with Crippen LogP contribution < -0.4 is 0 Å². The van der Waals surface area contributed by atoms with Crippen LogP contribution >= 0.6 is 0 Å². The van der Waals surface area contributed by atoms with Gasteiger partial charge < -0.3 is 10.2 Å². The van der Waals surface area contributed by atoms with Gasteiger partial charge in [-0.2, -0.15) is 0 Å². The maximum absolute atomic E-state index is 11.8. The number of aliphatic carboxylic acids is 1. The molecule has 0 heterocycles. The highest BCUT2D eigenvalue weighted by atomic mass is 16.4. The number of carbonyl (C=O) groups excluding carboxylic acids is 1. The smallest absolute Gasteiger partial charge is 0.300 e. The van der Waals surface area contributed by atoms with E-state index in [1.807, 2.05) is 6.08 Å². The molecule has 0 aromatic carbocycles. The second-order valence-electron chi connectivity index (χ2n) is 8.91. The van der Waals surface area contributed by atoms with Gasteiger partial charge in [0.2, 0.25) is 0 Å². The third kappa shape index (κ3) is 3.25. The van der Waals surface area contributed by atoms with Gasteiger partial charge >= 0.3 is 0 Å². The number of hydrogen-bond donors (Lipinski definition) is 2. The Morgan fingerprint density at radius 1 is 1.22 bits per heavy atom. The molecule has 148 valence electrons. The fraction of sp³-hybridized carbons (Fsp3) is 0.739. The summed E-state index contributed by atoms with van der Waals surface area (Å²) in [4.78, 5) is 20.8. The predicted octanol–water partition coefficient (Wildman–Crippen LogP) is 3.97. The van der Waals surface area contributed by atoms with Crippen LogP contribution in [0.3, 0.4) is 0 Å². The Kier molecular flexibility index (Phi) is 5.54. The fourth-order valence-corrected chi connectivity index (χ4v) is 6.96. The molecular weight excluding hydrogens is 340 g/mol. The summed E-state index contributed by atoms with van der Waals surface area (Å²) in [5.41, 5.74) is 0.474. The Hall–Kier alpha value is -1.60. The molecule has 4 heteroatoms. The Morgan fingerprint density at radius 2 is 1.93 bits per heavy atom. The van der Waals surface area contributed by atoms with Gasteiger partial charge in [0.15, 0.2) is 5.78 Å². The van der Waals surface area contributed by atoms with Crippen LogP contribution in [0.1, 0.15) is 71.6 Å². The molecule has 0 amide bonds. The van der Waals surface area contributed by atoms with E-state index in [-0.39, 0.29) is 5.41 Å². The molecule has 27 heavy (non-hydrogen) atoms. The minimum absolute atomic E-state index is 0.0609. The number of carboxylic acid groups (broad SMARTS) is 1. The van der Waals surface area contributed by atoms with Crippen LogP contribution in [0.2, 0.25) is 0 Å². The van der Waals surface area contributed by atoms with Gasteiger partial charge in [-0.05, 0) is 81.1 Å². The molecule has 3 saturated carbocycles. The molecule has 0 aromatic rings. The van der Waals surface area contributed by atoms with Crippen LogP contribution in [0.5, 0.6) is 0 Å². The lowest BCUT2D eigenvalue weighted by Crippen LogP contribution is -2.53. The maximum Gasteiger partial charge on any atom is 0.300 e. The van der Waals surface area contributed by atoms with Gasteiger partial charge in [0, 0.05) is 18.8 Å². The van der Waals surface area contributed by atoms with Crippen molar-refractivity contribution in [2.75, 3.05) is 0 Å². The minimum atomic E-state index is -0.893. The number of allylic oxidation sites excluding steroid dienone is 1. The van der Waals surface area contributed by atoms with E-state index in [9.17, 15) is 9.90 Å². The van der Waals surface area contributed by atoms with Crippen molar-refractivity contribution in [3.8, 4) is 12.3 Å². The second kappa shape index (κ2) is 7.43. The zero-order chi connectivity index (χ0) is 19.8. The lowest BCUT2D eigenvalue weighted by atomic mass is 9.49. The van der Waals surface area contributed by atoms with Gasteiger partial charge in [-0.3, -0.25) is 9.59 Å². The molecule has 0 saturated heterocycles. The minimum Gasteiger partial charge on any atom is -0.481 e. The number of carbonyl (C=O) groups is 2. The van der Waals surface area contributed by atoms with Crippen molar-refractivity contribution in [3.63, 3.8) is 0 Å². The highest BCUT2D eigenvalue weighted by Crippen LogP contribution is 2.66. The summed E-state index contributed by atoms with van der Waals surface area (Å²) < 4.78 is 0. The van der Waals surface area contributed by atoms with E-state index in [1.165, 1.54) is 18.4 Å². The van der Waals surface area contributed by atoms with Gasteiger partial charge in [-0.15, -0.1) is 6.42 Å². The number of hydrogen-bond acceptors (Lipinski definition) is 3. The van der Waals surface area contributed by atoms with Gasteiger partial charge in [0.25, 0.3) is 5.97 Å². The molecule has 4 aliphatic carbocycles. The topological polar surface area (TPSA) is 74.6 Å². The molecule has 3 fully saturated rings. The first-order valence-electron chi connectivity index (χ1n) is 10.4. The number of carboxylic acids is 1. The molecule has 0 spiro atoms. The largest absolute Gasteiger partial charge is 0.481 e. The molecule has 4 rings (SSSR count). The van der Waals surface area contributed by atoms with Crippen molar-refractivity contribution in [3.05, 3.63) is 11.6 Å². The number of terminal acetylenes is 1. The van der Waals surface area contributed by atoms with Gasteiger partial charge in [0.05, 0.1) is 0 Å². The Bertz CT molecular complexity index is 683. The highest BCUT2D eigenvalue weighted by molar-refractivity contribution is 5.91. The summed E-state index contributed by atoms with van der Waals surface area (Å²) in [5, 5.41) is 18.5. The summed E-state index contributed by atoms with van der Waals surface area (Å²) in [6, 6.07) is 0. The van der Waals surface area contributed by atoms with Crippen LogP contribution in [0.15, 0.2) is 11.6 Å². The molecule has 4 aliphatic rings. The van der Waals surface area contributed by atoms with Crippen molar-refractivity contribution in [2.45, 2.75) is 77.2 Å². The van der Waals surface area contributed by atoms with Crippen LogP contribution in [0.25, 0.3) is 0 Å². The van der Waals surface area contributed by atoms with Gasteiger partial charge in [0.1, 0.15) is 5.60 Å². The zero-order valence-electron chi connectivity index (χ0n) is 16.5. The fourth-order valence-electron chi connectivity index (χ4n) is 6.96. The van der Waals surface area contributed by atoms with Crippen molar-refractivity contribution in [1.29, 1.82) is 0 Å². The van der Waals surface area contributed by atoms with Gasteiger partial charge in [-0.1, -0.05) is 18.4 Å². The van der Waals surface area contributed by atoms with Crippen molar-refractivity contribution in [1.82, 2.24) is 0 Å². The lowest BCUT2D eigenvalue weighted by Gasteiger charge is -2.55. The molecule has 0 aliphatic heterocycles. The predicted molar refractivity (Wildman–Crippen MR) is 104 cm³/mol. The number of fused-ring (bicyclic) bond motifs is 5. The van der Waals surface area contributed by atoms with E-state index in [1.54, 1.807) is 0 Å². The molecule has 4 nitrogen and oxygen atoms in total. The third-order valence-electron chi connectivity index (χ3n) is 8.02. The third-order valence-corrected chi connectivity index (χ3v) is 8.02. The molecule has 0 radical (unpaired) electrons. The zero-order valence-corrected chi connectivity index (χ0v) is 16.5. The molecule has 2 N–H and O–H groups in total. The summed E-state index contributed by atoms with van der Waals surface area (Å²) in [7, 11) is 0. The number of aliphatic hydroxyl groups is 1. The van der Waals surface area contributed by atoms with Crippen molar-refractivity contribution in [2.24, 2.45) is 29.1 Å². The van der Waals surface area contributed by atoms with E-state index in [4.69, 9.17) is 16.3 Å². The van der Waals surface area contributed by atoms with E-state index >= 15 is 0 Å². The number of rotatable bonds is 1. The standard InChI is InChI=1S/C21H28O2.C2H4O2/c1-3-20-11-9-17-16-8-6-15(22)13-14(16)5-7-18(17)19(20)10-12-21(20,23)4-2;1-2(3)4/h2,13,16-19,23H,3,5-12H2,1H3;1H3,(H,3,4)/t16-,17+,18+,19-,20-,21-;/m0./s1. The lowest BCUT2D eigenvalue weighted by molar-refractivity contribution is -0.134. The first-order valence-corrected chi connectivity index (χ1v) is 10.4. The Labute approximate surface area is 162 Å². The van der Waals surface area contributed by atoms with Crippen LogP contribution in [-0.4, -0.2) is 27.6 Å². The average Bonchev–Trinajstić information content (AvgIpc) is 2.94. The first-order chi connectivity index (χ1) is 12.8. The Balaban J connectivity index is 0.000000481. The SMILES string of the molecule is C#C[C@]1(O)CC[C@H]2[C@@H]3CCC4=CC(=O)CC[C@@H]4[C@H]3CC[C@@]21CC.CC(=O)O. The normalized spacial score (nSPS) is 42.4. The maximum atomic E-state index is 11.8. The summed E-state index contributed by atoms with van der Waals surface area (Å²) in [6.07, 6.45) is 16.9. The quantitative estimate of drug-likeness (QED) is 0.683. The average molecular weight is 373 g/mol. The van der Waals surface area contributed by atoms with Crippen LogP contribution in [-0.2, 0) is 9.59 Å². The summed E-state index contributed by atoms with van der Waals surface area (Å²) >= 11 is 0. The van der Waals surface area contributed by atoms with E-state index in [2.05, 4.69) is 12.8 Å². The summed E-state index contributed by atoms with van der Waals surface area (Å²) in [6.45, 7) is 3.30. The van der Waals surface area contributed by atoms with Crippen LogP contribution in [0.4, 0.5) is 0 Å².